The van der Waals surface area contributed by atoms with Gasteiger partial charge in [0, 0.05) is 12.0 Å². The zero-order valence-electron chi connectivity index (χ0n) is 11.4. The first-order chi connectivity index (χ1) is 9.28. The van der Waals surface area contributed by atoms with Gasteiger partial charge in [-0.2, -0.15) is 10.2 Å². The van der Waals surface area contributed by atoms with Crippen LogP contribution in [0, 0.1) is 0 Å². The molecule has 0 bridgehead atoms. The second-order valence-corrected chi connectivity index (χ2v) is 4.33. The molecule has 4 heteroatoms. The van der Waals surface area contributed by atoms with E-state index < -0.39 is 0 Å². The second kappa shape index (κ2) is 6.29. The van der Waals surface area contributed by atoms with Crippen molar-refractivity contribution >= 4 is 0 Å². The van der Waals surface area contributed by atoms with Crippen molar-refractivity contribution in [2.45, 2.75) is 19.8 Å². The van der Waals surface area contributed by atoms with Crippen LogP contribution in [0.5, 0.6) is 5.75 Å². The number of methoxy groups -OCH3 is 1. The maximum atomic E-state index is 5.50. The van der Waals surface area contributed by atoms with Crippen molar-refractivity contribution in [1.29, 1.82) is 0 Å². The first-order valence-corrected chi connectivity index (χ1v) is 6.48. The Balaban J connectivity index is 2.30. The molecule has 1 aromatic heterocycles. The molecule has 0 aliphatic heterocycles. The zero-order valence-corrected chi connectivity index (χ0v) is 11.4. The van der Waals surface area contributed by atoms with Crippen molar-refractivity contribution in [1.82, 2.24) is 10.2 Å². The molecule has 0 atom stereocenters. The van der Waals surface area contributed by atoms with E-state index in [4.69, 9.17) is 10.5 Å². The van der Waals surface area contributed by atoms with Gasteiger partial charge in [0.2, 0.25) is 0 Å². The zero-order chi connectivity index (χ0) is 13.7. The predicted octanol–water partition coefficient (Wildman–Crippen LogP) is 2.22. The summed E-state index contributed by atoms with van der Waals surface area (Å²) in [6.45, 7) is 2.70. The van der Waals surface area contributed by atoms with Gasteiger partial charge in [0.15, 0.2) is 0 Å². The number of rotatable bonds is 5. The summed E-state index contributed by atoms with van der Waals surface area (Å²) in [5.41, 5.74) is 9.53. The van der Waals surface area contributed by atoms with Crippen molar-refractivity contribution in [2.75, 3.05) is 13.7 Å². The summed E-state index contributed by atoms with van der Waals surface area (Å²) in [4.78, 5) is 0. The van der Waals surface area contributed by atoms with Gasteiger partial charge in [0.05, 0.1) is 18.5 Å². The number of ether oxygens (including phenoxy) is 1. The van der Waals surface area contributed by atoms with Crippen molar-refractivity contribution in [2.24, 2.45) is 5.73 Å². The molecule has 0 aliphatic carbocycles. The normalized spacial score (nSPS) is 10.5. The molecular weight excluding hydrogens is 238 g/mol. The van der Waals surface area contributed by atoms with Crippen LogP contribution in [0.4, 0.5) is 0 Å². The first-order valence-electron chi connectivity index (χ1n) is 6.48. The Hall–Kier alpha value is -1.94. The lowest BCUT2D eigenvalue weighted by Crippen LogP contribution is -2.05. The Labute approximate surface area is 113 Å². The highest BCUT2D eigenvalue weighted by molar-refractivity contribution is 5.61. The maximum absolute atomic E-state index is 5.50. The van der Waals surface area contributed by atoms with Crippen LogP contribution >= 0.6 is 0 Å². The van der Waals surface area contributed by atoms with Gasteiger partial charge in [0.1, 0.15) is 5.75 Å². The van der Waals surface area contributed by atoms with Crippen LogP contribution in [0.1, 0.15) is 18.2 Å². The summed E-state index contributed by atoms with van der Waals surface area (Å²) >= 11 is 0. The van der Waals surface area contributed by atoms with Gasteiger partial charge in [0.25, 0.3) is 0 Å². The SMILES string of the molecule is CCc1cc(-c2ccc(CCN)nn2)ccc1OC. The number of hydrogen-bond donors (Lipinski definition) is 1. The Morgan fingerprint density at radius 1 is 1.16 bits per heavy atom. The fourth-order valence-corrected chi connectivity index (χ4v) is 2.01. The molecule has 2 aromatic rings. The second-order valence-electron chi connectivity index (χ2n) is 4.33. The Kier molecular flexibility index (Phi) is 4.47. The number of benzene rings is 1. The van der Waals surface area contributed by atoms with Gasteiger partial charge in [-0.3, -0.25) is 0 Å². The van der Waals surface area contributed by atoms with Crippen LogP contribution in [0.3, 0.4) is 0 Å². The molecule has 0 saturated heterocycles. The van der Waals surface area contributed by atoms with Crippen LogP contribution in [0.15, 0.2) is 30.3 Å². The average Bonchev–Trinajstić information content (AvgIpc) is 2.47. The highest BCUT2D eigenvalue weighted by Gasteiger charge is 2.06. The minimum absolute atomic E-state index is 0.594. The van der Waals surface area contributed by atoms with E-state index in [-0.39, 0.29) is 0 Å². The van der Waals surface area contributed by atoms with E-state index in [1.54, 1.807) is 7.11 Å². The largest absolute Gasteiger partial charge is 0.496 e. The number of aromatic nitrogens is 2. The van der Waals surface area contributed by atoms with Gasteiger partial charge in [-0.15, -0.1) is 0 Å². The molecule has 1 aromatic carbocycles. The average molecular weight is 257 g/mol. The number of nitrogens with two attached hydrogens (primary N) is 1. The van der Waals surface area contributed by atoms with E-state index in [0.29, 0.717) is 6.54 Å². The molecule has 2 N–H and O–H groups in total. The highest BCUT2D eigenvalue weighted by atomic mass is 16.5. The molecule has 0 saturated carbocycles. The standard InChI is InChI=1S/C15H19N3O/c1-3-11-10-12(4-7-15(11)19-2)14-6-5-13(8-9-16)17-18-14/h4-7,10H,3,8-9,16H2,1-2H3. The van der Waals surface area contributed by atoms with E-state index in [9.17, 15) is 0 Å². The van der Waals surface area contributed by atoms with Gasteiger partial charge in [-0.05, 0) is 48.9 Å². The minimum atomic E-state index is 0.594. The van der Waals surface area contributed by atoms with Crippen LogP contribution in [-0.4, -0.2) is 23.9 Å². The molecule has 0 spiro atoms. The van der Waals surface area contributed by atoms with E-state index in [2.05, 4.69) is 23.2 Å². The predicted molar refractivity (Wildman–Crippen MR) is 76.2 cm³/mol. The molecular formula is C15H19N3O. The molecule has 1 heterocycles. The topological polar surface area (TPSA) is 61.0 Å². The van der Waals surface area contributed by atoms with Gasteiger partial charge < -0.3 is 10.5 Å². The molecule has 0 fully saturated rings. The lowest BCUT2D eigenvalue weighted by Gasteiger charge is -2.09. The number of hydrogen-bond acceptors (Lipinski definition) is 4. The summed E-state index contributed by atoms with van der Waals surface area (Å²) in [6.07, 6.45) is 1.69. The van der Waals surface area contributed by atoms with Crippen molar-refractivity contribution < 1.29 is 4.74 Å². The van der Waals surface area contributed by atoms with E-state index in [0.717, 1.165) is 35.5 Å². The smallest absolute Gasteiger partial charge is 0.122 e. The Morgan fingerprint density at radius 3 is 2.58 bits per heavy atom. The molecule has 19 heavy (non-hydrogen) atoms. The summed E-state index contributed by atoms with van der Waals surface area (Å²) in [6, 6.07) is 10.0. The lowest BCUT2D eigenvalue weighted by atomic mass is 10.0. The van der Waals surface area contributed by atoms with Crippen LogP contribution in [0.2, 0.25) is 0 Å². The first kappa shape index (κ1) is 13.5. The molecule has 0 unspecified atom stereocenters. The monoisotopic (exact) mass is 257 g/mol. The summed E-state index contributed by atoms with van der Waals surface area (Å²) in [5, 5.41) is 8.43. The lowest BCUT2D eigenvalue weighted by molar-refractivity contribution is 0.410. The van der Waals surface area contributed by atoms with E-state index in [1.807, 2.05) is 24.3 Å². The van der Waals surface area contributed by atoms with Crippen molar-refractivity contribution in [3.8, 4) is 17.0 Å². The van der Waals surface area contributed by atoms with E-state index in [1.165, 1.54) is 5.56 Å². The van der Waals surface area contributed by atoms with Crippen LogP contribution in [0.25, 0.3) is 11.3 Å². The number of aryl methyl sites for hydroxylation is 1. The van der Waals surface area contributed by atoms with Gasteiger partial charge in [-0.25, -0.2) is 0 Å². The van der Waals surface area contributed by atoms with Crippen LogP contribution in [-0.2, 0) is 12.8 Å². The summed E-state index contributed by atoms with van der Waals surface area (Å²) in [7, 11) is 1.69. The maximum Gasteiger partial charge on any atom is 0.122 e. The van der Waals surface area contributed by atoms with Gasteiger partial charge in [-0.1, -0.05) is 6.92 Å². The third-order valence-corrected chi connectivity index (χ3v) is 3.08. The fourth-order valence-electron chi connectivity index (χ4n) is 2.01. The van der Waals surface area contributed by atoms with Crippen molar-refractivity contribution in [3.05, 3.63) is 41.6 Å². The minimum Gasteiger partial charge on any atom is -0.496 e. The molecule has 0 aliphatic rings. The third kappa shape index (κ3) is 3.09. The number of nitrogens with zero attached hydrogens (tertiary/aromatic N) is 2. The molecule has 4 nitrogen and oxygen atoms in total. The molecule has 0 amide bonds. The Bertz CT molecular complexity index is 538. The third-order valence-electron chi connectivity index (χ3n) is 3.08. The quantitative estimate of drug-likeness (QED) is 0.892. The fraction of sp³-hybridized carbons (Fsp3) is 0.333. The van der Waals surface area contributed by atoms with Crippen LogP contribution < -0.4 is 10.5 Å². The highest BCUT2D eigenvalue weighted by Crippen LogP contribution is 2.25. The van der Waals surface area contributed by atoms with Crippen molar-refractivity contribution in [3.63, 3.8) is 0 Å². The molecule has 100 valence electrons. The summed E-state index contributed by atoms with van der Waals surface area (Å²) in [5.74, 6) is 0.916. The summed E-state index contributed by atoms with van der Waals surface area (Å²) < 4.78 is 5.33. The molecule has 2 rings (SSSR count). The Morgan fingerprint density at radius 2 is 2.00 bits per heavy atom. The van der Waals surface area contributed by atoms with Gasteiger partial charge >= 0.3 is 0 Å². The van der Waals surface area contributed by atoms with E-state index >= 15 is 0 Å². The molecule has 0 radical (unpaired) electrons.